The lowest BCUT2D eigenvalue weighted by molar-refractivity contribution is -0.123. The molecule has 1 aromatic rings. The third-order valence-corrected chi connectivity index (χ3v) is 3.82. The van der Waals surface area contributed by atoms with Crippen molar-refractivity contribution >= 4 is 17.7 Å². The molecular formula is C15H24N2O2S. The smallest absolute Gasteiger partial charge is 0.237 e. The fraction of sp³-hybridized carbons (Fsp3) is 0.533. The Morgan fingerprint density at radius 2 is 2.20 bits per heavy atom. The van der Waals surface area contributed by atoms with Crippen LogP contribution in [0.25, 0.3) is 0 Å². The molecule has 0 aromatic heterocycles. The average molecular weight is 296 g/mol. The second-order valence-corrected chi connectivity index (χ2v) is 5.85. The van der Waals surface area contributed by atoms with Gasteiger partial charge in [0.2, 0.25) is 5.91 Å². The van der Waals surface area contributed by atoms with Gasteiger partial charge >= 0.3 is 0 Å². The molecule has 2 atom stereocenters. The first-order chi connectivity index (χ1) is 9.49. The molecule has 20 heavy (non-hydrogen) atoms. The first-order valence-electron chi connectivity index (χ1n) is 6.69. The molecule has 0 aliphatic carbocycles. The molecule has 1 unspecified atom stereocenters. The van der Waals surface area contributed by atoms with Crippen molar-refractivity contribution in [1.29, 1.82) is 0 Å². The van der Waals surface area contributed by atoms with E-state index in [9.17, 15) is 4.79 Å². The van der Waals surface area contributed by atoms with Crippen LogP contribution in [-0.2, 0) is 4.79 Å². The number of ether oxygens (including phenoxy) is 1. The van der Waals surface area contributed by atoms with Crippen molar-refractivity contribution in [2.45, 2.75) is 32.4 Å². The highest BCUT2D eigenvalue weighted by atomic mass is 32.2. The van der Waals surface area contributed by atoms with Gasteiger partial charge in [-0.15, -0.1) is 0 Å². The number of nitrogens with two attached hydrogens (primary N) is 1. The zero-order valence-electron chi connectivity index (χ0n) is 12.6. The number of thioether (sulfide) groups is 1. The van der Waals surface area contributed by atoms with Crippen LogP contribution in [0.1, 0.15) is 30.5 Å². The summed E-state index contributed by atoms with van der Waals surface area (Å²) in [6, 6.07) is 5.34. The number of methoxy groups -OCH3 is 1. The van der Waals surface area contributed by atoms with Gasteiger partial charge in [0.05, 0.1) is 19.2 Å². The molecule has 5 heteroatoms. The molecule has 4 nitrogen and oxygen atoms in total. The number of benzene rings is 1. The minimum Gasteiger partial charge on any atom is -0.496 e. The van der Waals surface area contributed by atoms with Gasteiger partial charge in [-0.05, 0) is 38.3 Å². The van der Waals surface area contributed by atoms with Gasteiger partial charge in [-0.3, -0.25) is 4.79 Å². The van der Waals surface area contributed by atoms with Crippen molar-refractivity contribution in [2.75, 3.05) is 19.1 Å². The zero-order chi connectivity index (χ0) is 15.1. The fourth-order valence-corrected chi connectivity index (χ4v) is 2.46. The summed E-state index contributed by atoms with van der Waals surface area (Å²) in [6.45, 7) is 3.96. The maximum atomic E-state index is 12.0. The number of hydrogen-bond acceptors (Lipinski definition) is 4. The van der Waals surface area contributed by atoms with Crippen LogP contribution in [0.3, 0.4) is 0 Å². The summed E-state index contributed by atoms with van der Waals surface area (Å²) in [5, 5.41) is 2.95. The minimum absolute atomic E-state index is 0.116. The standard InChI is InChI=1S/C15H24N2O2S/c1-10-5-6-14(19-3)12(9-10)11(2)17-15(18)13(16)7-8-20-4/h5-6,9,11,13H,7-8,16H2,1-4H3,(H,17,18)/t11?,13-/m0/s1. The third-order valence-electron chi connectivity index (χ3n) is 3.18. The Balaban J connectivity index is 2.73. The van der Waals surface area contributed by atoms with Crippen molar-refractivity contribution in [2.24, 2.45) is 5.73 Å². The summed E-state index contributed by atoms with van der Waals surface area (Å²) in [7, 11) is 1.63. The van der Waals surface area contributed by atoms with E-state index in [-0.39, 0.29) is 11.9 Å². The molecule has 1 aromatic carbocycles. The van der Waals surface area contributed by atoms with E-state index < -0.39 is 6.04 Å². The Morgan fingerprint density at radius 1 is 1.50 bits per heavy atom. The van der Waals surface area contributed by atoms with Crippen molar-refractivity contribution in [3.63, 3.8) is 0 Å². The van der Waals surface area contributed by atoms with Gasteiger partial charge in [0.15, 0.2) is 0 Å². The van der Waals surface area contributed by atoms with E-state index in [1.807, 2.05) is 38.3 Å². The van der Waals surface area contributed by atoms with Crippen LogP contribution < -0.4 is 15.8 Å². The molecule has 1 amide bonds. The Hall–Kier alpha value is -1.20. The number of rotatable bonds is 7. The average Bonchev–Trinajstić information content (AvgIpc) is 2.44. The van der Waals surface area contributed by atoms with Crippen LogP contribution in [0.5, 0.6) is 5.75 Å². The highest BCUT2D eigenvalue weighted by Gasteiger charge is 2.18. The predicted octanol–water partition coefficient (Wildman–Crippen LogP) is 2.26. The van der Waals surface area contributed by atoms with Gasteiger partial charge < -0.3 is 15.8 Å². The van der Waals surface area contributed by atoms with Gasteiger partial charge in [0.1, 0.15) is 5.75 Å². The maximum absolute atomic E-state index is 12.0. The normalized spacial score (nSPS) is 13.7. The molecule has 3 N–H and O–H groups in total. The molecule has 0 heterocycles. The van der Waals surface area contributed by atoms with Crippen molar-refractivity contribution in [3.8, 4) is 5.75 Å². The summed E-state index contributed by atoms with van der Waals surface area (Å²) in [6.07, 6.45) is 2.69. The van der Waals surface area contributed by atoms with Crippen LogP contribution in [0.4, 0.5) is 0 Å². The van der Waals surface area contributed by atoms with Crippen LogP contribution in [0.15, 0.2) is 18.2 Å². The summed E-state index contributed by atoms with van der Waals surface area (Å²) in [5.41, 5.74) is 7.98. The molecule has 0 aliphatic heterocycles. The molecule has 112 valence electrons. The Morgan fingerprint density at radius 3 is 2.80 bits per heavy atom. The molecule has 0 radical (unpaired) electrons. The maximum Gasteiger partial charge on any atom is 0.237 e. The molecule has 0 saturated heterocycles. The van der Waals surface area contributed by atoms with Crippen LogP contribution in [0.2, 0.25) is 0 Å². The lowest BCUT2D eigenvalue weighted by Crippen LogP contribution is -2.42. The second-order valence-electron chi connectivity index (χ2n) is 4.86. The highest BCUT2D eigenvalue weighted by molar-refractivity contribution is 7.98. The van der Waals surface area contributed by atoms with E-state index in [1.54, 1.807) is 18.9 Å². The number of amides is 1. The molecule has 1 rings (SSSR count). The van der Waals surface area contributed by atoms with Crippen molar-refractivity contribution in [3.05, 3.63) is 29.3 Å². The van der Waals surface area contributed by atoms with Crippen LogP contribution >= 0.6 is 11.8 Å². The molecule has 0 spiro atoms. The largest absolute Gasteiger partial charge is 0.496 e. The lowest BCUT2D eigenvalue weighted by atomic mass is 10.0. The first kappa shape index (κ1) is 16.9. The molecular weight excluding hydrogens is 272 g/mol. The van der Waals surface area contributed by atoms with Gasteiger partial charge in [-0.2, -0.15) is 11.8 Å². The van der Waals surface area contributed by atoms with E-state index in [0.717, 1.165) is 22.6 Å². The van der Waals surface area contributed by atoms with E-state index in [2.05, 4.69) is 5.32 Å². The summed E-state index contributed by atoms with van der Waals surface area (Å²) >= 11 is 1.69. The number of aryl methyl sites for hydroxylation is 1. The van der Waals surface area contributed by atoms with E-state index in [0.29, 0.717) is 6.42 Å². The van der Waals surface area contributed by atoms with Crippen LogP contribution in [-0.4, -0.2) is 31.1 Å². The highest BCUT2D eigenvalue weighted by Crippen LogP contribution is 2.26. The number of nitrogens with one attached hydrogen (secondary N) is 1. The lowest BCUT2D eigenvalue weighted by Gasteiger charge is -2.20. The van der Waals surface area contributed by atoms with Gasteiger partial charge in [-0.1, -0.05) is 17.7 Å². The molecule has 0 bridgehead atoms. The molecule has 0 aliphatic rings. The number of carbonyl (C=O) groups is 1. The summed E-state index contributed by atoms with van der Waals surface area (Å²) in [4.78, 5) is 12.0. The minimum atomic E-state index is -0.458. The predicted molar refractivity (Wildman–Crippen MR) is 85.3 cm³/mol. The summed E-state index contributed by atoms with van der Waals surface area (Å²) in [5.74, 6) is 1.55. The first-order valence-corrected chi connectivity index (χ1v) is 8.08. The number of hydrogen-bond donors (Lipinski definition) is 2. The monoisotopic (exact) mass is 296 g/mol. The Labute approximate surface area is 125 Å². The molecule has 0 fully saturated rings. The number of carbonyl (C=O) groups excluding carboxylic acids is 1. The van der Waals surface area contributed by atoms with Gasteiger partial charge in [0, 0.05) is 5.56 Å². The quantitative estimate of drug-likeness (QED) is 0.810. The molecule has 0 saturated carbocycles. The van der Waals surface area contributed by atoms with E-state index >= 15 is 0 Å². The Bertz CT molecular complexity index is 451. The van der Waals surface area contributed by atoms with Gasteiger partial charge in [-0.25, -0.2) is 0 Å². The SMILES string of the molecule is COc1ccc(C)cc1C(C)NC(=O)[C@@H](N)CCSC. The second kappa shape index (κ2) is 8.17. The van der Waals surface area contributed by atoms with Crippen molar-refractivity contribution < 1.29 is 9.53 Å². The summed E-state index contributed by atoms with van der Waals surface area (Å²) < 4.78 is 5.34. The van der Waals surface area contributed by atoms with Crippen LogP contribution in [0, 0.1) is 6.92 Å². The van der Waals surface area contributed by atoms with Gasteiger partial charge in [0.25, 0.3) is 0 Å². The topological polar surface area (TPSA) is 64.3 Å². The Kier molecular flexibility index (Phi) is 6.88. The third kappa shape index (κ3) is 4.72. The zero-order valence-corrected chi connectivity index (χ0v) is 13.4. The fourth-order valence-electron chi connectivity index (χ4n) is 1.97. The van der Waals surface area contributed by atoms with E-state index in [1.165, 1.54) is 0 Å². The van der Waals surface area contributed by atoms with E-state index in [4.69, 9.17) is 10.5 Å². The van der Waals surface area contributed by atoms with Crippen molar-refractivity contribution in [1.82, 2.24) is 5.32 Å².